The highest BCUT2D eigenvalue weighted by Crippen LogP contribution is 2.05. The number of carbonyl (C=O) groups excluding carboxylic acids is 1. The lowest BCUT2D eigenvalue weighted by molar-refractivity contribution is 0.0801. The van der Waals surface area contributed by atoms with Crippen molar-refractivity contribution in [2.24, 2.45) is 11.8 Å². The van der Waals surface area contributed by atoms with Gasteiger partial charge in [0.25, 0.3) is 5.91 Å². The summed E-state index contributed by atoms with van der Waals surface area (Å²) in [6, 6.07) is 3.10. The van der Waals surface area contributed by atoms with E-state index in [1.165, 1.54) is 0 Å². The van der Waals surface area contributed by atoms with Crippen LogP contribution in [0.3, 0.4) is 0 Å². The van der Waals surface area contributed by atoms with Gasteiger partial charge in [0.05, 0.1) is 12.6 Å². The van der Waals surface area contributed by atoms with Gasteiger partial charge in [-0.3, -0.25) is 4.79 Å². The van der Waals surface area contributed by atoms with Gasteiger partial charge in [-0.1, -0.05) is 13.8 Å². The number of nitrogen functional groups attached to an aromatic ring is 1. The van der Waals surface area contributed by atoms with Crippen LogP contribution in [0.25, 0.3) is 0 Å². The number of hydrogen-bond acceptors (Lipinski definition) is 6. The van der Waals surface area contributed by atoms with Crippen molar-refractivity contribution in [2.45, 2.75) is 26.8 Å². The Kier molecular flexibility index (Phi) is 6.17. The van der Waals surface area contributed by atoms with Gasteiger partial charge in [-0.05, 0) is 25.0 Å². The highest BCUT2D eigenvalue weighted by Gasteiger charge is 2.18. The van der Waals surface area contributed by atoms with E-state index in [0.717, 1.165) is 0 Å². The van der Waals surface area contributed by atoms with Crippen LogP contribution in [0.15, 0.2) is 12.1 Å². The van der Waals surface area contributed by atoms with Crippen molar-refractivity contribution in [3.63, 3.8) is 0 Å². The Hall–Kier alpha value is -1.73. The number of amides is 1. The predicted molar refractivity (Wildman–Crippen MR) is 72.4 cm³/mol. The van der Waals surface area contributed by atoms with E-state index < -0.39 is 0 Å². The fourth-order valence-electron chi connectivity index (χ4n) is 1.42. The lowest BCUT2D eigenvalue weighted by Gasteiger charge is -2.21. The fourth-order valence-corrected chi connectivity index (χ4v) is 1.42. The first kappa shape index (κ1) is 15.3. The molecule has 0 fully saturated rings. The Morgan fingerprint density at radius 3 is 2.63 bits per heavy atom. The normalized spacial score (nSPS) is 12.3. The minimum atomic E-state index is -0.269. The summed E-state index contributed by atoms with van der Waals surface area (Å²) in [5.74, 6) is 5.59. The summed E-state index contributed by atoms with van der Waals surface area (Å²) in [5, 5.41) is 10.4. The third-order valence-electron chi connectivity index (χ3n) is 2.67. The number of carbonyl (C=O) groups is 1. The molecule has 0 saturated heterocycles. The smallest absolute Gasteiger partial charge is 0.272 e. The number of nitrogens with two attached hydrogens (primary N) is 1. The van der Waals surface area contributed by atoms with E-state index >= 15 is 0 Å². The van der Waals surface area contributed by atoms with Gasteiger partial charge in [-0.25, -0.2) is 5.84 Å². The van der Waals surface area contributed by atoms with E-state index in [1.807, 2.05) is 20.8 Å². The van der Waals surface area contributed by atoms with Crippen LogP contribution >= 0.6 is 0 Å². The zero-order chi connectivity index (χ0) is 14.3. The topological polar surface area (TPSA) is 102 Å². The number of hydrogen-bond donors (Lipinski definition) is 3. The largest absolute Gasteiger partial charge is 0.380 e. The van der Waals surface area contributed by atoms with Crippen LogP contribution in [0.5, 0.6) is 0 Å². The molecule has 7 nitrogen and oxygen atoms in total. The first-order valence-electron chi connectivity index (χ1n) is 6.27. The molecule has 1 heterocycles. The van der Waals surface area contributed by atoms with Crippen LogP contribution < -0.4 is 16.6 Å². The molecule has 0 saturated carbocycles. The van der Waals surface area contributed by atoms with Crippen molar-refractivity contribution in [2.75, 3.05) is 18.6 Å². The lowest BCUT2D eigenvalue weighted by atomic mass is 10.1. The molecule has 7 heteroatoms. The second kappa shape index (κ2) is 7.65. The maximum Gasteiger partial charge on any atom is 0.272 e. The van der Waals surface area contributed by atoms with Gasteiger partial charge < -0.3 is 15.5 Å². The number of nitrogens with zero attached hydrogens (tertiary/aromatic N) is 2. The molecule has 1 atom stereocenters. The summed E-state index contributed by atoms with van der Waals surface area (Å²) in [6.07, 6.45) is 0. The van der Waals surface area contributed by atoms with E-state index in [2.05, 4.69) is 20.9 Å². The number of anilines is 1. The third-order valence-corrected chi connectivity index (χ3v) is 2.67. The van der Waals surface area contributed by atoms with Crippen LogP contribution in [-0.4, -0.2) is 35.4 Å². The van der Waals surface area contributed by atoms with Gasteiger partial charge in [0.2, 0.25) is 0 Å². The van der Waals surface area contributed by atoms with Gasteiger partial charge in [0.1, 0.15) is 0 Å². The quantitative estimate of drug-likeness (QED) is 0.492. The molecule has 0 aliphatic heterocycles. The molecular weight excluding hydrogens is 246 g/mol. The van der Waals surface area contributed by atoms with Gasteiger partial charge in [-0.2, -0.15) is 0 Å². The molecule has 0 aliphatic rings. The summed E-state index contributed by atoms with van der Waals surface area (Å²) < 4.78 is 5.35. The molecule has 0 aliphatic carbocycles. The SMILES string of the molecule is CCOCC(NC(=O)c1ccc(NN)nn1)C(C)C. The van der Waals surface area contributed by atoms with Crippen molar-refractivity contribution in [1.82, 2.24) is 15.5 Å². The second-order valence-corrected chi connectivity index (χ2v) is 4.43. The molecule has 1 aromatic rings. The molecule has 19 heavy (non-hydrogen) atoms. The van der Waals surface area contributed by atoms with Crippen LogP contribution in [0.2, 0.25) is 0 Å². The number of ether oxygens (including phenoxy) is 1. The van der Waals surface area contributed by atoms with E-state index in [0.29, 0.717) is 19.0 Å². The molecule has 0 bridgehead atoms. The molecule has 1 aromatic heterocycles. The highest BCUT2D eigenvalue weighted by atomic mass is 16.5. The van der Waals surface area contributed by atoms with E-state index in [4.69, 9.17) is 10.6 Å². The highest BCUT2D eigenvalue weighted by molar-refractivity contribution is 5.92. The monoisotopic (exact) mass is 267 g/mol. The average molecular weight is 267 g/mol. The number of rotatable bonds is 7. The number of aromatic nitrogens is 2. The van der Waals surface area contributed by atoms with E-state index in [1.54, 1.807) is 12.1 Å². The van der Waals surface area contributed by atoms with Gasteiger partial charge in [0.15, 0.2) is 11.5 Å². The fraction of sp³-hybridized carbons (Fsp3) is 0.583. The molecular formula is C12H21N5O2. The maximum atomic E-state index is 12.0. The Morgan fingerprint density at radius 1 is 1.42 bits per heavy atom. The summed E-state index contributed by atoms with van der Waals surface area (Å²) in [7, 11) is 0. The molecule has 106 valence electrons. The lowest BCUT2D eigenvalue weighted by Crippen LogP contribution is -2.42. The molecule has 4 N–H and O–H groups in total. The van der Waals surface area contributed by atoms with Crippen LogP contribution in [0, 0.1) is 5.92 Å². The number of nitrogens with one attached hydrogen (secondary N) is 2. The third kappa shape index (κ3) is 4.80. The van der Waals surface area contributed by atoms with E-state index in [9.17, 15) is 4.79 Å². The van der Waals surface area contributed by atoms with Crippen LogP contribution in [0.4, 0.5) is 5.82 Å². The zero-order valence-corrected chi connectivity index (χ0v) is 11.5. The maximum absolute atomic E-state index is 12.0. The van der Waals surface area contributed by atoms with Crippen molar-refractivity contribution in [1.29, 1.82) is 0 Å². The molecule has 1 rings (SSSR count). The van der Waals surface area contributed by atoms with Crippen molar-refractivity contribution in [3.05, 3.63) is 17.8 Å². The Labute approximate surface area is 112 Å². The van der Waals surface area contributed by atoms with E-state index in [-0.39, 0.29) is 23.6 Å². The Morgan fingerprint density at radius 2 is 2.16 bits per heavy atom. The predicted octanol–water partition coefficient (Wildman–Crippen LogP) is 0.553. The van der Waals surface area contributed by atoms with Crippen molar-refractivity contribution in [3.8, 4) is 0 Å². The molecule has 0 spiro atoms. The first-order valence-corrected chi connectivity index (χ1v) is 6.27. The summed E-state index contributed by atoms with van der Waals surface area (Å²) >= 11 is 0. The van der Waals surface area contributed by atoms with Crippen molar-refractivity contribution < 1.29 is 9.53 Å². The van der Waals surface area contributed by atoms with Crippen LogP contribution in [-0.2, 0) is 4.74 Å². The second-order valence-electron chi connectivity index (χ2n) is 4.43. The standard InChI is InChI=1S/C12H21N5O2/c1-4-19-7-10(8(2)3)14-12(18)9-5-6-11(15-13)17-16-9/h5-6,8,10H,4,7,13H2,1-3H3,(H,14,18)(H,15,17). The van der Waals surface area contributed by atoms with Crippen molar-refractivity contribution >= 4 is 11.7 Å². The van der Waals surface area contributed by atoms with Gasteiger partial charge in [-0.15, -0.1) is 10.2 Å². The number of hydrazine groups is 1. The summed E-state index contributed by atoms with van der Waals surface area (Å²) in [5.41, 5.74) is 2.61. The molecule has 1 unspecified atom stereocenters. The zero-order valence-electron chi connectivity index (χ0n) is 11.5. The summed E-state index contributed by atoms with van der Waals surface area (Å²) in [4.78, 5) is 12.0. The minimum Gasteiger partial charge on any atom is -0.380 e. The van der Waals surface area contributed by atoms with Gasteiger partial charge in [0, 0.05) is 6.61 Å². The molecule has 1 amide bonds. The first-order chi connectivity index (χ1) is 9.08. The minimum absolute atomic E-state index is 0.0541. The average Bonchev–Trinajstić information content (AvgIpc) is 2.43. The van der Waals surface area contributed by atoms with Crippen LogP contribution in [0.1, 0.15) is 31.3 Å². The Bertz CT molecular complexity index is 394. The molecule has 0 aromatic carbocycles. The molecule has 0 radical (unpaired) electrons. The van der Waals surface area contributed by atoms with Gasteiger partial charge >= 0.3 is 0 Å². The Balaban J connectivity index is 2.64. The summed E-state index contributed by atoms with van der Waals surface area (Å²) in [6.45, 7) is 7.07.